The van der Waals surface area contributed by atoms with Crippen molar-refractivity contribution in [2.75, 3.05) is 47.0 Å². The van der Waals surface area contributed by atoms with Gasteiger partial charge in [-0.2, -0.15) is 5.10 Å². The van der Waals surface area contributed by atoms with Gasteiger partial charge in [-0.25, -0.2) is 19.6 Å². The Morgan fingerprint density at radius 2 is 1.75 bits per heavy atom. The molecule has 0 unspecified atom stereocenters. The summed E-state index contributed by atoms with van der Waals surface area (Å²) in [5.74, 6) is 2.94. The minimum absolute atomic E-state index is 0.0325. The van der Waals surface area contributed by atoms with Gasteiger partial charge in [0.2, 0.25) is 0 Å². The van der Waals surface area contributed by atoms with Crippen LogP contribution in [0.3, 0.4) is 0 Å². The minimum Gasteiger partial charge on any atom is -0.493 e. The van der Waals surface area contributed by atoms with Gasteiger partial charge in [0, 0.05) is 50.7 Å². The summed E-state index contributed by atoms with van der Waals surface area (Å²) >= 11 is 6.63. The number of hydrogen-bond donors (Lipinski definition) is 3. The van der Waals surface area contributed by atoms with Crippen LogP contribution in [0.1, 0.15) is 87.4 Å². The molecule has 3 atom stereocenters. The number of amides is 2. The molecule has 3 heterocycles. The molecule has 1 saturated carbocycles. The van der Waals surface area contributed by atoms with E-state index < -0.39 is 12.2 Å². The first kappa shape index (κ1) is 43.7. The molecule has 2 aromatic carbocycles. The summed E-state index contributed by atoms with van der Waals surface area (Å²) in [7, 11) is 3.29. The van der Waals surface area contributed by atoms with Gasteiger partial charge in [0.05, 0.1) is 32.6 Å². The Morgan fingerprint density at radius 1 is 0.949 bits per heavy atom. The van der Waals surface area contributed by atoms with Crippen LogP contribution >= 0.6 is 11.6 Å². The fourth-order valence-corrected chi connectivity index (χ4v) is 8.22. The minimum atomic E-state index is -0.548. The summed E-state index contributed by atoms with van der Waals surface area (Å²) in [6.07, 6.45) is 10.6. The first-order chi connectivity index (χ1) is 28.9. The van der Waals surface area contributed by atoms with E-state index in [-0.39, 0.29) is 18.8 Å². The van der Waals surface area contributed by atoms with Crippen molar-refractivity contribution < 1.29 is 33.3 Å². The molecule has 1 saturated heterocycles. The second-order valence-electron chi connectivity index (χ2n) is 15.1. The van der Waals surface area contributed by atoms with Crippen molar-refractivity contribution in [3.63, 3.8) is 0 Å². The van der Waals surface area contributed by atoms with Crippen molar-refractivity contribution in [3.8, 4) is 22.9 Å². The molecule has 2 aromatic heterocycles. The molecule has 16 heteroatoms. The first-order valence-electron chi connectivity index (χ1n) is 21.0. The summed E-state index contributed by atoms with van der Waals surface area (Å²) < 4.78 is 30.7. The van der Waals surface area contributed by atoms with Gasteiger partial charge >= 0.3 is 12.2 Å². The highest BCUT2D eigenvalue weighted by Gasteiger charge is 2.36. The Morgan fingerprint density at radius 3 is 2.53 bits per heavy atom. The van der Waals surface area contributed by atoms with E-state index in [0.29, 0.717) is 68.3 Å². The number of imidazole rings is 1. The number of aromatic nitrogens is 5. The average molecular weight is 835 g/mol. The molecule has 4 aromatic rings. The number of aromatic amines is 1. The van der Waals surface area contributed by atoms with Crippen molar-refractivity contribution in [2.24, 2.45) is 0 Å². The predicted molar refractivity (Wildman–Crippen MR) is 224 cm³/mol. The van der Waals surface area contributed by atoms with E-state index in [4.69, 9.17) is 35.3 Å². The van der Waals surface area contributed by atoms with Crippen molar-refractivity contribution in [3.05, 3.63) is 76.6 Å². The number of halogens is 1. The van der Waals surface area contributed by atoms with Crippen LogP contribution in [0.2, 0.25) is 5.15 Å². The second-order valence-corrected chi connectivity index (χ2v) is 15.5. The van der Waals surface area contributed by atoms with Gasteiger partial charge in [-0.05, 0) is 68.2 Å². The number of hydrogen-bond acceptors (Lipinski definition) is 11. The van der Waals surface area contributed by atoms with Crippen molar-refractivity contribution in [1.29, 1.82) is 0 Å². The fraction of sp³-hybridized carbons (Fsp3) is 0.558. The first-order valence-corrected chi connectivity index (χ1v) is 21.3. The second kappa shape index (κ2) is 22.5. The molecule has 0 bridgehead atoms. The van der Waals surface area contributed by atoms with Crippen LogP contribution in [0.15, 0.2) is 48.8 Å². The third-order valence-electron chi connectivity index (χ3n) is 11.1. The average Bonchev–Trinajstić information content (AvgIpc) is 4.02. The summed E-state index contributed by atoms with van der Waals surface area (Å²) in [6.45, 7) is 5.63. The Bertz CT molecular complexity index is 1930. The number of alkyl carbamates (subject to hydrolysis) is 2. The number of benzene rings is 2. The highest BCUT2D eigenvalue weighted by molar-refractivity contribution is 6.30. The Hall–Kier alpha value is -4.86. The van der Waals surface area contributed by atoms with Crippen molar-refractivity contribution in [2.45, 2.75) is 109 Å². The highest BCUT2D eigenvalue weighted by Crippen LogP contribution is 2.31. The number of methoxy groups -OCH3 is 2. The van der Waals surface area contributed by atoms with Gasteiger partial charge in [-0.1, -0.05) is 68.1 Å². The molecule has 2 amide bonds. The third kappa shape index (κ3) is 12.3. The number of ether oxygens (including phenoxy) is 5. The van der Waals surface area contributed by atoms with E-state index >= 15 is 0 Å². The lowest BCUT2D eigenvalue weighted by Gasteiger charge is -2.37. The lowest BCUT2D eigenvalue weighted by Crippen LogP contribution is -2.46. The molecular weight excluding hydrogens is 776 g/mol. The molecule has 59 heavy (non-hydrogen) atoms. The molecule has 0 radical (unpaired) electrons. The molecule has 6 rings (SSSR count). The van der Waals surface area contributed by atoms with Crippen molar-refractivity contribution >= 4 is 23.8 Å². The molecule has 320 valence electrons. The Balaban J connectivity index is 0.877. The quantitative estimate of drug-likeness (QED) is 0.0733. The number of nitrogens with one attached hydrogen (secondary N) is 3. The van der Waals surface area contributed by atoms with Crippen LogP contribution < -0.4 is 20.1 Å². The van der Waals surface area contributed by atoms with Gasteiger partial charge in [-0.3, -0.25) is 10.00 Å². The number of carbonyl (C=O) groups excluding carboxylic acids is 2. The van der Waals surface area contributed by atoms with Gasteiger partial charge in [-0.15, -0.1) is 0 Å². The lowest BCUT2D eigenvalue weighted by molar-refractivity contribution is -0.0319. The van der Waals surface area contributed by atoms with Crippen LogP contribution in [0, 0.1) is 0 Å². The van der Waals surface area contributed by atoms with E-state index in [1.165, 1.54) is 12.7 Å². The number of H-pyrrole nitrogens is 1. The molecule has 15 nitrogen and oxygen atoms in total. The molecule has 3 N–H and O–H groups in total. The van der Waals surface area contributed by atoms with Gasteiger partial charge in [0.25, 0.3) is 0 Å². The summed E-state index contributed by atoms with van der Waals surface area (Å²) in [6, 6.07) is 14.2. The zero-order valence-corrected chi connectivity index (χ0v) is 35.3. The van der Waals surface area contributed by atoms with E-state index in [2.05, 4.69) is 48.7 Å². The number of unbranched alkanes of at least 4 members (excludes halogenated alkanes) is 2. The summed E-state index contributed by atoms with van der Waals surface area (Å²) in [4.78, 5) is 36.8. The highest BCUT2D eigenvalue weighted by atomic mass is 35.5. The van der Waals surface area contributed by atoms with E-state index in [9.17, 15) is 9.59 Å². The monoisotopic (exact) mass is 834 g/mol. The van der Waals surface area contributed by atoms with Crippen molar-refractivity contribution in [1.82, 2.24) is 40.3 Å². The largest absolute Gasteiger partial charge is 0.493 e. The van der Waals surface area contributed by atoms with E-state index in [0.717, 1.165) is 91.9 Å². The van der Waals surface area contributed by atoms with Crippen LogP contribution in [0.5, 0.6) is 11.5 Å². The molecule has 2 fully saturated rings. The van der Waals surface area contributed by atoms with E-state index in [1.54, 1.807) is 14.2 Å². The number of likely N-dealkylation sites (tertiary alicyclic amines) is 1. The fourth-order valence-electron chi connectivity index (χ4n) is 7.96. The SMILES string of the molecule is CCCCc1nc(Cl)c(COC(=O)NCCCCNC(=O)O[C@@H]2CCN([C@@H]3CCCC[C@H]3OCCc3ccc(OC)c(OC)c3)C2)n1Cc1ccccc1-c1ncn[nH]1. The summed E-state index contributed by atoms with van der Waals surface area (Å²) in [5, 5.41) is 12.9. The van der Waals surface area contributed by atoms with Crippen LogP contribution in [0.25, 0.3) is 11.4 Å². The molecular formula is C43H59ClN8O7. The standard InChI is InChI=1S/C43H59ClN8O7/c1-4-5-16-39-49-40(44)35(52(39)26-31-12-6-7-13-33(31)41-47-29-48-50-41)28-58-42(53)45-21-10-11-22-46-43(54)59-32-19-23-51(27-32)34-14-8-9-15-36(34)57-24-20-30-17-18-37(55-2)38(25-30)56-3/h6-7,12-13,17-18,25,29,32,34,36H,4-5,8-11,14-16,19-24,26-28H2,1-3H3,(H,45,53)(H,46,54)(H,47,48,50)/t32-,34-,36-/m1/s1. The normalized spacial score (nSPS) is 18.1. The zero-order chi connectivity index (χ0) is 41.4. The third-order valence-corrected chi connectivity index (χ3v) is 11.4. The number of aryl methyl sites for hydroxylation is 1. The Labute approximate surface area is 351 Å². The van der Waals surface area contributed by atoms with Crippen LogP contribution in [-0.2, 0) is 40.2 Å². The topological polar surface area (TPSA) is 167 Å². The van der Waals surface area contributed by atoms with Gasteiger partial charge < -0.3 is 38.9 Å². The van der Waals surface area contributed by atoms with Gasteiger partial charge in [0.1, 0.15) is 24.9 Å². The maximum atomic E-state index is 12.7. The van der Waals surface area contributed by atoms with E-state index in [1.807, 2.05) is 41.0 Å². The number of nitrogens with zero attached hydrogens (tertiary/aromatic N) is 5. The van der Waals surface area contributed by atoms with Crippen LogP contribution in [-0.4, -0.2) is 107 Å². The predicted octanol–water partition coefficient (Wildman–Crippen LogP) is 7.11. The number of rotatable bonds is 21. The summed E-state index contributed by atoms with van der Waals surface area (Å²) in [5.41, 5.74) is 3.69. The van der Waals surface area contributed by atoms with Gasteiger partial charge in [0.15, 0.2) is 22.5 Å². The lowest BCUT2D eigenvalue weighted by atomic mass is 9.91. The maximum Gasteiger partial charge on any atom is 0.407 e. The smallest absolute Gasteiger partial charge is 0.407 e. The molecule has 1 aliphatic carbocycles. The van der Waals surface area contributed by atoms with Crippen LogP contribution in [0.4, 0.5) is 9.59 Å². The maximum absolute atomic E-state index is 12.7. The molecule has 2 aliphatic rings. The molecule has 0 spiro atoms. The molecule has 1 aliphatic heterocycles. The number of carbonyl (C=O) groups is 2. The zero-order valence-electron chi connectivity index (χ0n) is 34.6. The Kier molecular flexibility index (Phi) is 16.7.